The predicted molar refractivity (Wildman–Crippen MR) is 110 cm³/mol. The normalized spacial score (nSPS) is 12.0. The zero-order chi connectivity index (χ0) is 20.1. The Hall–Kier alpha value is -2.50. The monoisotopic (exact) mass is 380 g/mol. The van der Waals surface area contributed by atoms with Crippen molar-refractivity contribution in [3.05, 3.63) is 65.5 Å². The lowest BCUT2D eigenvalue weighted by atomic mass is 9.95. The van der Waals surface area contributed by atoms with Crippen LogP contribution in [0.15, 0.2) is 53.1 Å². The SMILES string of the molecule is CN(C)C(C)(C)CCC(=O)c1cc(COCc2ccc3ccccc3c2)on1. The minimum absolute atomic E-state index is 0.000505. The number of fused-ring (bicyclic) bond motifs is 1. The van der Waals surface area contributed by atoms with Crippen LogP contribution in [0.4, 0.5) is 0 Å². The summed E-state index contributed by atoms with van der Waals surface area (Å²) < 4.78 is 11.0. The first-order valence-electron chi connectivity index (χ1n) is 9.57. The van der Waals surface area contributed by atoms with E-state index in [1.807, 2.05) is 26.2 Å². The summed E-state index contributed by atoms with van der Waals surface area (Å²) in [6.07, 6.45) is 1.20. The molecule has 0 unspecified atom stereocenters. The number of Topliss-reactive ketones (excluding diaryl/α,β-unsaturated/α-hetero) is 1. The van der Waals surface area contributed by atoms with Gasteiger partial charge in [-0.15, -0.1) is 0 Å². The van der Waals surface area contributed by atoms with Gasteiger partial charge in [0.15, 0.2) is 11.5 Å². The largest absolute Gasteiger partial charge is 0.369 e. The van der Waals surface area contributed by atoms with E-state index in [-0.39, 0.29) is 17.9 Å². The fourth-order valence-electron chi connectivity index (χ4n) is 2.88. The third-order valence-corrected chi connectivity index (χ3v) is 5.35. The number of ketones is 1. The van der Waals surface area contributed by atoms with Gasteiger partial charge in [-0.2, -0.15) is 0 Å². The predicted octanol–water partition coefficient (Wildman–Crippen LogP) is 4.85. The molecule has 0 bridgehead atoms. The van der Waals surface area contributed by atoms with Gasteiger partial charge in [0, 0.05) is 18.0 Å². The summed E-state index contributed by atoms with van der Waals surface area (Å²) in [5.41, 5.74) is 1.44. The molecule has 28 heavy (non-hydrogen) atoms. The minimum Gasteiger partial charge on any atom is -0.369 e. The molecule has 0 aliphatic rings. The Labute approximate surface area is 166 Å². The van der Waals surface area contributed by atoms with Crippen molar-refractivity contribution in [2.24, 2.45) is 0 Å². The van der Waals surface area contributed by atoms with Crippen LogP contribution in [0.5, 0.6) is 0 Å². The molecule has 0 radical (unpaired) electrons. The van der Waals surface area contributed by atoms with Gasteiger partial charge in [-0.1, -0.05) is 41.6 Å². The van der Waals surface area contributed by atoms with Crippen LogP contribution in [0.25, 0.3) is 10.8 Å². The molecule has 0 spiro atoms. The second kappa shape index (κ2) is 8.67. The summed E-state index contributed by atoms with van der Waals surface area (Å²) in [7, 11) is 4.04. The Morgan fingerprint density at radius 3 is 2.57 bits per heavy atom. The Kier molecular flexibility index (Phi) is 6.27. The molecule has 1 aromatic heterocycles. The maximum absolute atomic E-state index is 12.4. The van der Waals surface area contributed by atoms with Crippen LogP contribution >= 0.6 is 0 Å². The van der Waals surface area contributed by atoms with E-state index in [4.69, 9.17) is 9.26 Å². The van der Waals surface area contributed by atoms with E-state index in [2.05, 4.69) is 54.2 Å². The van der Waals surface area contributed by atoms with Gasteiger partial charge >= 0.3 is 0 Å². The van der Waals surface area contributed by atoms with Gasteiger partial charge in [0.2, 0.25) is 0 Å². The Morgan fingerprint density at radius 1 is 1.07 bits per heavy atom. The highest BCUT2D eigenvalue weighted by molar-refractivity contribution is 5.94. The first kappa shape index (κ1) is 20.2. The van der Waals surface area contributed by atoms with Gasteiger partial charge < -0.3 is 14.2 Å². The third kappa shape index (κ3) is 5.06. The van der Waals surface area contributed by atoms with Crippen molar-refractivity contribution in [2.75, 3.05) is 14.1 Å². The van der Waals surface area contributed by atoms with Crippen molar-refractivity contribution in [2.45, 2.75) is 45.4 Å². The number of hydrogen-bond acceptors (Lipinski definition) is 5. The smallest absolute Gasteiger partial charge is 0.184 e. The molecule has 5 heteroatoms. The Balaban J connectivity index is 1.50. The van der Waals surface area contributed by atoms with Crippen LogP contribution in [-0.2, 0) is 18.0 Å². The number of benzene rings is 2. The van der Waals surface area contributed by atoms with Crippen molar-refractivity contribution in [3.63, 3.8) is 0 Å². The van der Waals surface area contributed by atoms with Crippen LogP contribution < -0.4 is 0 Å². The third-order valence-electron chi connectivity index (χ3n) is 5.35. The molecule has 148 valence electrons. The molecular formula is C23H28N2O3. The van der Waals surface area contributed by atoms with Crippen LogP contribution in [0.2, 0.25) is 0 Å². The van der Waals surface area contributed by atoms with Crippen LogP contribution in [0, 0.1) is 0 Å². The summed E-state index contributed by atoms with van der Waals surface area (Å²) in [6, 6.07) is 16.2. The van der Waals surface area contributed by atoms with Crippen molar-refractivity contribution >= 4 is 16.6 Å². The molecule has 0 saturated heterocycles. The van der Waals surface area contributed by atoms with E-state index >= 15 is 0 Å². The quantitative estimate of drug-likeness (QED) is 0.497. The standard InChI is InChI=1S/C23H28N2O3/c1-23(2,25(3)4)12-11-22(26)21-14-20(28-24-21)16-27-15-17-9-10-18-7-5-6-8-19(18)13-17/h5-10,13-14H,11-12,15-16H2,1-4H3. The van der Waals surface area contributed by atoms with Gasteiger partial charge in [-0.25, -0.2) is 0 Å². The van der Waals surface area contributed by atoms with Crippen LogP contribution in [0.3, 0.4) is 0 Å². The highest BCUT2D eigenvalue weighted by atomic mass is 16.5. The number of carbonyl (C=O) groups is 1. The van der Waals surface area contributed by atoms with Gasteiger partial charge in [-0.3, -0.25) is 4.79 Å². The van der Waals surface area contributed by atoms with E-state index in [1.54, 1.807) is 6.07 Å². The number of nitrogens with zero attached hydrogens (tertiary/aromatic N) is 2. The van der Waals surface area contributed by atoms with Crippen molar-refractivity contribution in [1.82, 2.24) is 10.1 Å². The van der Waals surface area contributed by atoms with E-state index in [0.29, 0.717) is 24.5 Å². The molecule has 0 aliphatic carbocycles. The molecule has 2 aromatic carbocycles. The van der Waals surface area contributed by atoms with Crippen LogP contribution in [-0.4, -0.2) is 35.5 Å². The van der Waals surface area contributed by atoms with Gasteiger partial charge in [0.1, 0.15) is 12.3 Å². The summed E-state index contributed by atoms with van der Waals surface area (Å²) in [6.45, 7) is 5.01. The molecule has 0 N–H and O–H groups in total. The maximum atomic E-state index is 12.4. The maximum Gasteiger partial charge on any atom is 0.184 e. The van der Waals surface area contributed by atoms with E-state index in [1.165, 1.54) is 10.8 Å². The second-order valence-electron chi connectivity index (χ2n) is 7.98. The van der Waals surface area contributed by atoms with E-state index < -0.39 is 0 Å². The highest BCUT2D eigenvalue weighted by Gasteiger charge is 2.23. The first-order chi connectivity index (χ1) is 13.3. The lowest BCUT2D eigenvalue weighted by Gasteiger charge is -2.32. The number of ether oxygens (including phenoxy) is 1. The van der Waals surface area contributed by atoms with E-state index in [0.717, 1.165) is 12.0 Å². The summed E-state index contributed by atoms with van der Waals surface area (Å²) in [5, 5.41) is 6.31. The average Bonchev–Trinajstić information content (AvgIpc) is 3.15. The van der Waals surface area contributed by atoms with Gasteiger partial charge in [0.05, 0.1) is 6.61 Å². The number of hydrogen-bond donors (Lipinski definition) is 0. The van der Waals surface area contributed by atoms with Crippen molar-refractivity contribution in [3.8, 4) is 0 Å². The molecule has 0 saturated carbocycles. The highest BCUT2D eigenvalue weighted by Crippen LogP contribution is 2.20. The number of carbonyl (C=O) groups excluding carboxylic acids is 1. The molecule has 3 rings (SSSR count). The van der Waals surface area contributed by atoms with E-state index in [9.17, 15) is 4.79 Å². The molecule has 0 aliphatic heterocycles. The summed E-state index contributed by atoms with van der Waals surface area (Å²) >= 11 is 0. The molecule has 0 fully saturated rings. The Bertz CT molecular complexity index is 944. The molecular weight excluding hydrogens is 352 g/mol. The zero-order valence-electron chi connectivity index (χ0n) is 17.1. The molecule has 1 heterocycles. The van der Waals surface area contributed by atoms with Gasteiger partial charge in [-0.05, 0) is 56.8 Å². The van der Waals surface area contributed by atoms with Crippen molar-refractivity contribution < 1.29 is 14.1 Å². The minimum atomic E-state index is -0.0365. The first-order valence-corrected chi connectivity index (χ1v) is 9.57. The number of aromatic nitrogens is 1. The fourth-order valence-corrected chi connectivity index (χ4v) is 2.88. The van der Waals surface area contributed by atoms with Crippen LogP contribution in [0.1, 0.15) is 48.5 Å². The molecule has 0 amide bonds. The molecule has 3 aromatic rings. The average molecular weight is 380 g/mol. The Morgan fingerprint density at radius 2 is 1.82 bits per heavy atom. The summed E-state index contributed by atoms with van der Waals surface area (Å²) in [4.78, 5) is 14.5. The topological polar surface area (TPSA) is 55.6 Å². The molecule has 0 atom stereocenters. The second-order valence-corrected chi connectivity index (χ2v) is 7.98. The lowest BCUT2D eigenvalue weighted by molar-refractivity contribution is 0.0877. The summed E-state index contributed by atoms with van der Waals surface area (Å²) in [5.74, 6) is 0.565. The number of rotatable bonds is 9. The van der Waals surface area contributed by atoms with Crippen molar-refractivity contribution in [1.29, 1.82) is 0 Å². The molecule has 5 nitrogen and oxygen atoms in total. The fraction of sp³-hybridized carbons (Fsp3) is 0.391. The lowest BCUT2D eigenvalue weighted by Crippen LogP contribution is -2.38. The van der Waals surface area contributed by atoms with Gasteiger partial charge in [0.25, 0.3) is 0 Å². The zero-order valence-corrected chi connectivity index (χ0v) is 17.1.